The smallest absolute Gasteiger partial charge is 0.324 e. The van der Waals surface area contributed by atoms with Crippen molar-refractivity contribution in [2.24, 2.45) is 5.92 Å². The van der Waals surface area contributed by atoms with Gasteiger partial charge in [-0.05, 0) is 31.2 Å². The number of urea groups is 1. The van der Waals surface area contributed by atoms with Crippen molar-refractivity contribution in [1.29, 1.82) is 5.26 Å². The summed E-state index contributed by atoms with van der Waals surface area (Å²) >= 11 is 0. The lowest BCUT2D eigenvalue weighted by molar-refractivity contribution is -0.141. The first-order valence-electron chi connectivity index (χ1n) is 6.66. The molecule has 6 heteroatoms. The molecule has 112 valence electrons. The second-order valence-corrected chi connectivity index (χ2v) is 4.78. The highest BCUT2D eigenvalue weighted by atomic mass is 16.4. The largest absolute Gasteiger partial charge is 0.481 e. The lowest BCUT2D eigenvalue weighted by Crippen LogP contribution is -2.44. The second kappa shape index (κ2) is 7.29. The molecule has 0 aliphatic heterocycles. The van der Waals surface area contributed by atoms with Crippen LogP contribution in [0, 0.1) is 17.2 Å². The lowest BCUT2D eigenvalue weighted by Gasteiger charge is -2.28. The lowest BCUT2D eigenvalue weighted by atomic mass is 10.1. The Hall–Kier alpha value is -2.55. The first-order chi connectivity index (χ1) is 9.90. The SMILES string of the molecule is CCN(CC(C)C(=O)O)C(=O)N(C)c1ccc(C#N)cc1. The minimum atomic E-state index is -0.928. The van der Waals surface area contributed by atoms with Gasteiger partial charge in [-0.2, -0.15) is 5.26 Å². The van der Waals surface area contributed by atoms with Gasteiger partial charge in [-0.3, -0.25) is 9.69 Å². The Bertz CT molecular complexity index is 548. The maximum absolute atomic E-state index is 12.4. The van der Waals surface area contributed by atoms with Crippen LogP contribution in [0.1, 0.15) is 19.4 Å². The Balaban J connectivity index is 2.83. The van der Waals surface area contributed by atoms with Gasteiger partial charge >= 0.3 is 12.0 Å². The van der Waals surface area contributed by atoms with E-state index in [-0.39, 0.29) is 12.6 Å². The van der Waals surface area contributed by atoms with Gasteiger partial charge in [0.2, 0.25) is 0 Å². The van der Waals surface area contributed by atoms with E-state index in [4.69, 9.17) is 10.4 Å². The van der Waals surface area contributed by atoms with Gasteiger partial charge in [-0.25, -0.2) is 4.79 Å². The molecule has 0 spiro atoms. The summed E-state index contributed by atoms with van der Waals surface area (Å²) in [5, 5.41) is 17.7. The van der Waals surface area contributed by atoms with Crippen LogP contribution >= 0.6 is 0 Å². The number of carboxylic acids is 1. The van der Waals surface area contributed by atoms with E-state index in [1.807, 2.05) is 6.07 Å². The monoisotopic (exact) mass is 289 g/mol. The molecule has 1 aromatic rings. The van der Waals surface area contributed by atoms with Crippen LogP contribution < -0.4 is 4.90 Å². The van der Waals surface area contributed by atoms with Crippen molar-refractivity contribution < 1.29 is 14.7 Å². The van der Waals surface area contributed by atoms with Crippen molar-refractivity contribution in [3.8, 4) is 6.07 Å². The molecule has 0 heterocycles. The standard InChI is InChI=1S/C15H19N3O3/c1-4-18(10-11(2)14(19)20)15(21)17(3)13-7-5-12(9-16)6-8-13/h5-8,11H,4,10H2,1-3H3,(H,19,20). The Morgan fingerprint density at radius 3 is 2.33 bits per heavy atom. The maximum Gasteiger partial charge on any atom is 0.324 e. The number of rotatable bonds is 5. The molecular weight excluding hydrogens is 270 g/mol. The van der Waals surface area contributed by atoms with Gasteiger partial charge in [0.15, 0.2) is 0 Å². The van der Waals surface area contributed by atoms with Crippen molar-refractivity contribution in [3.63, 3.8) is 0 Å². The zero-order valence-electron chi connectivity index (χ0n) is 12.4. The van der Waals surface area contributed by atoms with Gasteiger partial charge in [-0.15, -0.1) is 0 Å². The average molecular weight is 289 g/mol. The van der Waals surface area contributed by atoms with E-state index >= 15 is 0 Å². The topological polar surface area (TPSA) is 84.6 Å². The average Bonchev–Trinajstić information content (AvgIpc) is 2.50. The van der Waals surface area contributed by atoms with Crippen LogP contribution in [-0.4, -0.2) is 42.1 Å². The summed E-state index contributed by atoms with van der Waals surface area (Å²) in [6.45, 7) is 3.96. The summed E-state index contributed by atoms with van der Waals surface area (Å²) < 4.78 is 0. The minimum absolute atomic E-state index is 0.158. The number of amides is 2. The van der Waals surface area contributed by atoms with Crippen molar-refractivity contribution in [2.45, 2.75) is 13.8 Å². The molecule has 1 rings (SSSR count). The highest BCUT2D eigenvalue weighted by Gasteiger charge is 2.22. The van der Waals surface area contributed by atoms with Crippen LogP contribution in [0.25, 0.3) is 0 Å². The number of anilines is 1. The maximum atomic E-state index is 12.4. The molecule has 1 aromatic carbocycles. The fourth-order valence-corrected chi connectivity index (χ4v) is 1.83. The molecule has 0 saturated carbocycles. The number of carbonyl (C=O) groups is 2. The number of carboxylic acid groups (broad SMARTS) is 1. The molecule has 1 unspecified atom stereocenters. The summed E-state index contributed by atoms with van der Waals surface area (Å²) in [7, 11) is 1.62. The Morgan fingerprint density at radius 1 is 1.33 bits per heavy atom. The molecule has 2 amide bonds. The van der Waals surface area contributed by atoms with E-state index in [0.29, 0.717) is 17.8 Å². The zero-order chi connectivity index (χ0) is 16.0. The Morgan fingerprint density at radius 2 is 1.90 bits per heavy atom. The number of carbonyl (C=O) groups excluding carboxylic acids is 1. The first kappa shape index (κ1) is 16.5. The van der Waals surface area contributed by atoms with Gasteiger partial charge in [0.25, 0.3) is 0 Å². The predicted molar refractivity (Wildman–Crippen MR) is 79.0 cm³/mol. The van der Waals surface area contributed by atoms with Crippen LogP contribution in [0.3, 0.4) is 0 Å². The quantitative estimate of drug-likeness (QED) is 0.900. The number of hydrogen-bond acceptors (Lipinski definition) is 3. The van der Waals surface area contributed by atoms with Gasteiger partial charge in [0.05, 0.1) is 17.6 Å². The summed E-state index contributed by atoms with van der Waals surface area (Å²) in [6.07, 6.45) is 0. The fraction of sp³-hybridized carbons (Fsp3) is 0.400. The number of aliphatic carboxylic acids is 1. The van der Waals surface area contributed by atoms with Crippen molar-refractivity contribution in [1.82, 2.24) is 4.90 Å². The molecule has 1 atom stereocenters. The van der Waals surface area contributed by atoms with Crippen LogP contribution in [0.4, 0.5) is 10.5 Å². The van der Waals surface area contributed by atoms with Crippen LogP contribution in [0.5, 0.6) is 0 Å². The van der Waals surface area contributed by atoms with Crippen LogP contribution in [-0.2, 0) is 4.79 Å². The highest BCUT2D eigenvalue weighted by Crippen LogP contribution is 2.16. The van der Waals surface area contributed by atoms with E-state index < -0.39 is 11.9 Å². The zero-order valence-corrected chi connectivity index (χ0v) is 12.4. The molecule has 0 aliphatic carbocycles. The highest BCUT2D eigenvalue weighted by molar-refractivity contribution is 5.91. The van der Waals surface area contributed by atoms with Crippen molar-refractivity contribution >= 4 is 17.7 Å². The summed E-state index contributed by atoms with van der Waals surface area (Å²) in [6, 6.07) is 8.39. The molecule has 0 aromatic heterocycles. The molecule has 21 heavy (non-hydrogen) atoms. The number of hydrogen-bond donors (Lipinski definition) is 1. The molecule has 0 saturated heterocycles. The van der Waals surface area contributed by atoms with E-state index in [1.165, 1.54) is 9.80 Å². The predicted octanol–water partition coefficient (Wildman–Crippen LogP) is 2.16. The van der Waals surface area contributed by atoms with Crippen LogP contribution in [0.2, 0.25) is 0 Å². The third-order valence-electron chi connectivity index (χ3n) is 3.24. The van der Waals surface area contributed by atoms with E-state index in [9.17, 15) is 9.59 Å². The summed E-state index contributed by atoms with van der Waals surface area (Å²) in [5.74, 6) is -1.55. The van der Waals surface area contributed by atoms with Gasteiger partial charge < -0.3 is 10.0 Å². The van der Waals surface area contributed by atoms with E-state index in [1.54, 1.807) is 45.2 Å². The molecule has 0 radical (unpaired) electrons. The van der Waals surface area contributed by atoms with Crippen LogP contribution in [0.15, 0.2) is 24.3 Å². The van der Waals surface area contributed by atoms with E-state index in [2.05, 4.69) is 0 Å². The molecule has 0 bridgehead atoms. The molecule has 0 aliphatic rings. The third-order valence-corrected chi connectivity index (χ3v) is 3.24. The minimum Gasteiger partial charge on any atom is -0.481 e. The van der Waals surface area contributed by atoms with Gasteiger partial charge in [0.1, 0.15) is 0 Å². The summed E-state index contributed by atoms with van der Waals surface area (Å²) in [4.78, 5) is 26.2. The Labute approximate surface area is 124 Å². The number of benzene rings is 1. The summed E-state index contributed by atoms with van der Waals surface area (Å²) in [5.41, 5.74) is 1.17. The number of nitriles is 1. The first-order valence-corrected chi connectivity index (χ1v) is 6.66. The molecule has 1 N–H and O–H groups in total. The Kier molecular flexibility index (Phi) is 5.73. The molecule has 6 nitrogen and oxygen atoms in total. The van der Waals surface area contributed by atoms with E-state index in [0.717, 1.165) is 0 Å². The fourth-order valence-electron chi connectivity index (χ4n) is 1.83. The normalized spacial score (nSPS) is 11.3. The second-order valence-electron chi connectivity index (χ2n) is 4.78. The third kappa shape index (κ3) is 4.21. The van der Waals surface area contributed by atoms with Crippen molar-refractivity contribution in [3.05, 3.63) is 29.8 Å². The number of nitrogens with zero attached hydrogens (tertiary/aromatic N) is 3. The molecular formula is C15H19N3O3. The molecule has 0 fully saturated rings. The van der Waals surface area contributed by atoms with Gasteiger partial charge in [0, 0.05) is 25.8 Å². The van der Waals surface area contributed by atoms with Crippen molar-refractivity contribution in [2.75, 3.05) is 25.0 Å². The van der Waals surface area contributed by atoms with Gasteiger partial charge in [-0.1, -0.05) is 6.92 Å².